The topological polar surface area (TPSA) is 103 Å². The zero-order chi connectivity index (χ0) is 15.8. The van der Waals surface area contributed by atoms with Gasteiger partial charge in [-0.3, -0.25) is 9.59 Å². The number of hydrogen-bond donors (Lipinski definition) is 3. The van der Waals surface area contributed by atoms with Crippen molar-refractivity contribution in [1.29, 1.82) is 0 Å². The van der Waals surface area contributed by atoms with Crippen LogP contribution < -0.4 is 25.8 Å². The van der Waals surface area contributed by atoms with Crippen LogP contribution >= 0.6 is 0 Å². The summed E-state index contributed by atoms with van der Waals surface area (Å²) < 4.78 is 10.3. The minimum Gasteiger partial charge on any atom is -0.493 e. The molecule has 0 fully saturated rings. The predicted molar refractivity (Wildman–Crippen MR) is 79.9 cm³/mol. The van der Waals surface area contributed by atoms with Crippen molar-refractivity contribution in [2.45, 2.75) is 12.8 Å². The second-order valence-electron chi connectivity index (χ2n) is 4.37. The highest BCUT2D eigenvalue weighted by Gasteiger charge is 2.16. The smallest absolute Gasteiger partial charge is 0.250 e. The molecule has 0 aliphatic carbocycles. The number of primary amides is 1. The Kier molecular flexibility index (Phi) is 6.48. The molecule has 0 saturated carbocycles. The van der Waals surface area contributed by atoms with Crippen molar-refractivity contribution < 1.29 is 19.1 Å². The van der Waals surface area contributed by atoms with E-state index in [0.29, 0.717) is 30.0 Å². The summed E-state index contributed by atoms with van der Waals surface area (Å²) in [6, 6.07) is 2.97. The highest BCUT2D eigenvalue weighted by atomic mass is 16.5. The summed E-state index contributed by atoms with van der Waals surface area (Å²) in [5, 5.41) is 5.63. The maximum absolute atomic E-state index is 11.9. The number of nitrogens with one attached hydrogen (secondary N) is 2. The van der Waals surface area contributed by atoms with Crippen LogP contribution in [0.2, 0.25) is 0 Å². The largest absolute Gasteiger partial charge is 0.493 e. The highest BCUT2D eigenvalue weighted by Crippen LogP contribution is 2.33. The molecule has 1 aromatic carbocycles. The van der Waals surface area contributed by atoms with Crippen molar-refractivity contribution in [3.05, 3.63) is 17.7 Å². The molecule has 0 aliphatic heterocycles. The van der Waals surface area contributed by atoms with Crippen LogP contribution in [0.4, 0.5) is 5.69 Å². The van der Waals surface area contributed by atoms with Gasteiger partial charge in [-0.25, -0.2) is 0 Å². The van der Waals surface area contributed by atoms with E-state index in [2.05, 4.69) is 10.6 Å². The molecule has 116 valence electrons. The molecule has 7 nitrogen and oxygen atoms in total. The van der Waals surface area contributed by atoms with E-state index < -0.39 is 5.91 Å². The number of methoxy groups -OCH3 is 2. The molecule has 21 heavy (non-hydrogen) atoms. The molecule has 0 saturated heterocycles. The lowest BCUT2D eigenvalue weighted by atomic mass is 10.1. The Labute approximate surface area is 123 Å². The molecule has 1 aromatic rings. The third-order valence-corrected chi connectivity index (χ3v) is 2.89. The number of nitrogens with two attached hydrogens (primary N) is 1. The second-order valence-corrected chi connectivity index (χ2v) is 4.37. The van der Waals surface area contributed by atoms with Crippen molar-refractivity contribution in [1.82, 2.24) is 5.32 Å². The first-order chi connectivity index (χ1) is 10.0. The van der Waals surface area contributed by atoms with Crippen molar-refractivity contribution >= 4 is 17.5 Å². The normalized spacial score (nSPS) is 10.0. The summed E-state index contributed by atoms with van der Waals surface area (Å²) >= 11 is 0. The first-order valence-electron chi connectivity index (χ1n) is 6.53. The van der Waals surface area contributed by atoms with E-state index in [1.165, 1.54) is 26.4 Å². The molecule has 4 N–H and O–H groups in total. The Bertz CT molecular complexity index is 517. The van der Waals surface area contributed by atoms with E-state index in [9.17, 15) is 9.59 Å². The molecule has 0 aromatic heterocycles. The van der Waals surface area contributed by atoms with E-state index in [4.69, 9.17) is 15.2 Å². The standard InChI is InChI=1S/C14H21N3O4/c1-16-6-4-5-13(18)17-10-8-12(21-3)11(20-2)7-9(10)14(15)19/h7-8,16H,4-6H2,1-3H3,(H2,15,19)(H,17,18). The summed E-state index contributed by atoms with van der Waals surface area (Å²) in [6.45, 7) is 0.738. The third kappa shape index (κ3) is 4.64. The van der Waals surface area contributed by atoms with E-state index >= 15 is 0 Å². The number of rotatable bonds is 8. The summed E-state index contributed by atoms with van der Waals surface area (Å²) in [6.07, 6.45) is 1.04. The van der Waals surface area contributed by atoms with E-state index in [1.54, 1.807) is 0 Å². The summed E-state index contributed by atoms with van der Waals surface area (Å²) in [5.74, 6) is -0.0612. The fourth-order valence-corrected chi connectivity index (χ4v) is 1.82. The fourth-order valence-electron chi connectivity index (χ4n) is 1.82. The van der Waals surface area contributed by atoms with Crippen LogP contribution in [-0.2, 0) is 4.79 Å². The monoisotopic (exact) mass is 295 g/mol. The zero-order valence-corrected chi connectivity index (χ0v) is 12.5. The predicted octanol–water partition coefficient (Wildman–Crippen LogP) is 0.741. The number of hydrogen-bond acceptors (Lipinski definition) is 5. The number of ether oxygens (including phenoxy) is 2. The van der Waals surface area contributed by atoms with Crippen LogP contribution in [0, 0.1) is 0 Å². The summed E-state index contributed by atoms with van der Waals surface area (Å²) in [4.78, 5) is 23.3. The zero-order valence-electron chi connectivity index (χ0n) is 12.5. The van der Waals surface area contributed by atoms with Gasteiger partial charge in [0.15, 0.2) is 11.5 Å². The molecule has 0 bridgehead atoms. The van der Waals surface area contributed by atoms with Gasteiger partial charge in [0.1, 0.15) is 0 Å². The van der Waals surface area contributed by atoms with Crippen LogP contribution in [0.1, 0.15) is 23.2 Å². The second kappa shape index (κ2) is 8.11. The van der Waals surface area contributed by atoms with Gasteiger partial charge in [0.25, 0.3) is 5.91 Å². The maximum atomic E-state index is 11.9. The van der Waals surface area contributed by atoms with Crippen molar-refractivity contribution in [2.24, 2.45) is 5.73 Å². The lowest BCUT2D eigenvalue weighted by Crippen LogP contribution is -2.19. The Morgan fingerprint density at radius 1 is 1.19 bits per heavy atom. The van der Waals surface area contributed by atoms with Gasteiger partial charge in [-0.1, -0.05) is 0 Å². The van der Waals surface area contributed by atoms with Gasteiger partial charge in [0.2, 0.25) is 5.91 Å². The minimum atomic E-state index is -0.651. The molecule has 7 heteroatoms. The molecule has 0 atom stereocenters. The lowest BCUT2D eigenvalue weighted by Gasteiger charge is -2.14. The fraction of sp³-hybridized carbons (Fsp3) is 0.429. The molecule has 0 unspecified atom stereocenters. The lowest BCUT2D eigenvalue weighted by molar-refractivity contribution is -0.116. The first kappa shape index (κ1) is 16.8. The van der Waals surface area contributed by atoms with Crippen molar-refractivity contribution in [2.75, 3.05) is 33.1 Å². The molecular weight excluding hydrogens is 274 g/mol. The Balaban J connectivity index is 2.98. The summed E-state index contributed by atoms with van der Waals surface area (Å²) in [5.41, 5.74) is 5.82. The number of benzene rings is 1. The average molecular weight is 295 g/mol. The van der Waals surface area contributed by atoms with Crippen LogP contribution in [0.15, 0.2) is 12.1 Å². The van der Waals surface area contributed by atoms with Crippen LogP contribution in [0.25, 0.3) is 0 Å². The Morgan fingerprint density at radius 3 is 2.33 bits per heavy atom. The number of amides is 2. The van der Waals surface area contributed by atoms with Gasteiger partial charge in [-0.05, 0) is 26.1 Å². The number of carbonyl (C=O) groups excluding carboxylic acids is 2. The van der Waals surface area contributed by atoms with Crippen LogP contribution in [-0.4, -0.2) is 39.6 Å². The van der Waals surface area contributed by atoms with E-state index in [1.807, 2.05) is 7.05 Å². The van der Waals surface area contributed by atoms with Gasteiger partial charge < -0.3 is 25.8 Å². The van der Waals surface area contributed by atoms with Gasteiger partial charge in [-0.15, -0.1) is 0 Å². The van der Waals surface area contributed by atoms with Gasteiger partial charge in [0.05, 0.1) is 25.5 Å². The highest BCUT2D eigenvalue weighted by molar-refractivity contribution is 6.03. The molecule has 0 heterocycles. The van der Waals surface area contributed by atoms with Crippen molar-refractivity contribution in [3.8, 4) is 11.5 Å². The van der Waals surface area contributed by atoms with E-state index in [0.717, 1.165) is 6.54 Å². The first-order valence-corrected chi connectivity index (χ1v) is 6.53. The number of anilines is 1. The maximum Gasteiger partial charge on any atom is 0.250 e. The Hall–Kier alpha value is -2.28. The molecule has 1 rings (SSSR count). The molecule has 0 radical (unpaired) electrons. The third-order valence-electron chi connectivity index (χ3n) is 2.89. The molecule has 0 spiro atoms. The number of carbonyl (C=O) groups is 2. The minimum absolute atomic E-state index is 0.176. The van der Waals surface area contributed by atoms with Crippen LogP contribution in [0.5, 0.6) is 11.5 Å². The Morgan fingerprint density at radius 2 is 1.81 bits per heavy atom. The average Bonchev–Trinajstić information content (AvgIpc) is 2.46. The van der Waals surface area contributed by atoms with Crippen molar-refractivity contribution in [3.63, 3.8) is 0 Å². The van der Waals surface area contributed by atoms with Gasteiger partial charge in [0, 0.05) is 12.5 Å². The summed E-state index contributed by atoms with van der Waals surface area (Å²) in [7, 11) is 4.75. The molecular formula is C14H21N3O4. The SMILES string of the molecule is CNCCCC(=O)Nc1cc(OC)c(OC)cc1C(N)=O. The van der Waals surface area contributed by atoms with Gasteiger partial charge in [-0.2, -0.15) is 0 Å². The molecule has 2 amide bonds. The quantitative estimate of drug-likeness (QED) is 0.614. The van der Waals surface area contributed by atoms with Crippen LogP contribution in [0.3, 0.4) is 0 Å². The molecule has 0 aliphatic rings. The van der Waals surface area contributed by atoms with Gasteiger partial charge >= 0.3 is 0 Å². The van der Waals surface area contributed by atoms with E-state index in [-0.39, 0.29) is 11.5 Å².